The molecule has 1 N–H and O–H groups in total. The summed E-state index contributed by atoms with van der Waals surface area (Å²) in [6.45, 7) is 4.26. The predicted octanol–water partition coefficient (Wildman–Crippen LogP) is 4.84. The number of nitrogens with one attached hydrogen (secondary N) is 1. The standard InChI is InChI=1S/C23H25N3O5S2/c1-4-30-22(28)19-15-10-9-13(2)11-17(15)33-21(19)24-18(27)12-32-23-26-25-20(31-23)14-7-5-6-8-16(14)29-3/h5-8,13H,4,9-12H2,1-3H3,(H,24,27). The number of hydrogen-bond donors (Lipinski definition) is 1. The Bertz CT molecular complexity index is 1160. The van der Waals surface area contributed by atoms with Crippen molar-refractivity contribution in [2.45, 2.75) is 38.3 Å². The molecular weight excluding hydrogens is 462 g/mol. The summed E-state index contributed by atoms with van der Waals surface area (Å²) in [6.07, 6.45) is 2.75. The maximum absolute atomic E-state index is 12.7. The summed E-state index contributed by atoms with van der Waals surface area (Å²) in [5.74, 6) is 0.924. The summed E-state index contributed by atoms with van der Waals surface area (Å²) in [5, 5.41) is 11.8. The Labute approximate surface area is 200 Å². The van der Waals surface area contributed by atoms with E-state index >= 15 is 0 Å². The number of methoxy groups -OCH3 is 1. The summed E-state index contributed by atoms with van der Waals surface area (Å²) in [6, 6.07) is 7.34. The zero-order chi connectivity index (χ0) is 23.4. The van der Waals surface area contributed by atoms with E-state index in [4.69, 9.17) is 13.9 Å². The van der Waals surface area contributed by atoms with Crippen LogP contribution in [0.1, 0.15) is 41.1 Å². The van der Waals surface area contributed by atoms with Crippen molar-refractivity contribution >= 4 is 40.0 Å². The molecule has 1 unspecified atom stereocenters. The molecule has 0 aliphatic heterocycles. The van der Waals surface area contributed by atoms with E-state index in [9.17, 15) is 9.59 Å². The normalized spacial score (nSPS) is 15.1. The predicted molar refractivity (Wildman–Crippen MR) is 127 cm³/mol. The minimum Gasteiger partial charge on any atom is -0.496 e. The Balaban J connectivity index is 1.44. The summed E-state index contributed by atoms with van der Waals surface area (Å²) < 4.78 is 16.3. The van der Waals surface area contributed by atoms with Crippen LogP contribution in [0.2, 0.25) is 0 Å². The first-order chi connectivity index (χ1) is 16.0. The molecule has 1 aliphatic rings. The second kappa shape index (κ2) is 10.4. The number of benzene rings is 1. The summed E-state index contributed by atoms with van der Waals surface area (Å²) in [5.41, 5.74) is 2.19. The van der Waals surface area contributed by atoms with Crippen molar-refractivity contribution in [3.63, 3.8) is 0 Å². The highest BCUT2D eigenvalue weighted by Crippen LogP contribution is 2.40. The fraction of sp³-hybridized carbons (Fsp3) is 0.391. The maximum Gasteiger partial charge on any atom is 0.341 e. The molecule has 3 aromatic rings. The number of fused-ring (bicyclic) bond motifs is 1. The van der Waals surface area contributed by atoms with Crippen LogP contribution in [0.25, 0.3) is 11.5 Å². The molecule has 2 aromatic heterocycles. The number of anilines is 1. The van der Waals surface area contributed by atoms with Crippen LogP contribution in [-0.2, 0) is 22.4 Å². The van der Waals surface area contributed by atoms with Crippen molar-refractivity contribution in [3.05, 3.63) is 40.3 Å². The second-order valence-corrected chi connectivity index (χ2v) is 9.72. The molecule has 4 rings (SSSR count). The highest BCUT2D eigenvalue weighted by atomic mass is 32.2. The van der Waals surface area contributed by atoms with Crippen LogP contribution >= 0.6 is 23.1 Å². The molecule has 0 radical (unpaired) electrons. The molecule has 2 heterocycles. The Morgan fingerprint density at radius 3 is 2.91 bits per heavy atom. The van der Waals surface area contributed by atoms with Crippen LogP contribution in [0, 0.1) is 5.92 Å². The van der Waals surface area contributed by atoms with Gasteiger partial charge in [-0.05, 0) is 49.8 Å². The van der Waals surface area contributed by atoms with E-state index in [2.05, 4.69) is 22.4 Å². The number of ether oxygens (including phenoxy) is 2. The minimum atomic E-state index is -0.383. The maximum atomic E-state index is 12.7. The van der Waals surface area contributed by atoms with Gasteiger partial charge in [0.2, 0.25) is 5.91 Å². The van der Waals surface area contributed by atoms with Crippen LogP contribution in [0.15, 0.2) is 33.9 Å². The Kier molecular flexibility index (Phi) is 7.34. The molecule has 174 valence electrons. The van der Waals surface area contributed by atoms with Crippen molar-refractivity contribution < 1.29 is 23.5 Å². The van der Waals surface area contributed by atoms with Gasteiger partial charge in [0.25, 0.3) is 11.1 Å². The number of amides is 1. The van der Waals surface area contributed by atoms with E-state index in [1.165, 1.54) is 11.3 Å². The van der Waals surface area contributed by atoms with Gasteiger partial charge in [-0.15, -0.1) is 21.5 Å². The molecule has 1 amide bonds. The van der Waals surface area contributed by atoms with Gasteiger partial charge in [-0.25, -0.2) is 4.79 Å². The van der Waals surface area contributed by atoms with Crippen LogP contribution in [0.3, 0.4) is 0 Å². The third-order valence-electron chi connectivity index (χ3n) is 5.31. The van der Waals surface area contributed by atoms with E-state index in [0.29, 0.717) is 33.7 Å². The number of thioether (sulfide) groups is 1. The fourth-order valence-corrected chi connectivity index (χ4v) is 5.72. The Morgan fingerprint density at radius 1 is 1.30 bits per heavy atom. The van der Waals surface area contributed by atoms with Crippen molar-refractivity contribution in [1.82, 2.24) is 10.2 Å². The van der Waals surface area contributed by atoms with Gasteiger partial charge < -0.3 is 19.2 Å². The zero-order valence-corrected chi connectivity index (χ0v) is 20.3. The number of carbonyl (C=O) groups is 2. The number of nitrogens with zero attached hydrogens (tertiary/aromatic N) is 2. The molecule has 0 fully saturated rings. The number of rotatable bonds is 8. The largest absolute Gasteiger partial charge is 0.496 e. The van der Waals surface area contributed by atoms with Gasteiger partial charge in [0, 0.05) is 4.88 Å². The van der Waals surface area contributed by atoms with E-state index < -0.39 is 0 Å². The molecule has 0 saturated carbocycles. The number of esters is 1. The lowest BCUT2D eigenvalue weighted by atomic mass is 9.88. The molecule has 10 heteroatoms. The van der Waals surface area contributed by atoms with Gasteiger partial charge in [0.15, 0.2) is 0 Å². The average Bonchev–Trinajstić information content (AvgIpc) is 3.41. The van der Waals surface area contributed by atoms with Crippen molar-refractivity contribution in [2.24, 2.45) is 5.92 Å². The molecule has 1 aliphatic carbocycles. The zero-order valence-electron chi connectivity index (χ0n) is 18.7. The van der Waals surface area contributed by atoms with Gasteiger partial charge in [-0.2, -0.15) is 0 Å². The minimum absolute atomic E-state index is 0.0643. The summed E-state index contributed by atoms with van der Waals surface area (Å²) in [4.78, 5) is 26.5. The summed E-state index contributed by atoms with van der Waals surface area (Å²) >= 11 is 2.60. The molecule has 33 heavy (non-hydrogen) atoms. The lowest BCUT2D eigenvalue weighted by molar-refractivity contribution is -0.113. The van der Waals surface area contributed by atoms with Crippen molar-refractivity contribution in [3.8, 4) is 17.2 Å². The number of aromatic nitrogens is 2. The topological polar surface area (TPSA) is 104 Å². The number of hydrogen-bond acceptors (Lipinski definition) is 9. The number of carbonyl (C=O) groups excluding carboxylic acids is 2. The Morgan fingerprint density at radius 2 is 2.12 bits per heavy atom. The molecule has 1 atom stereocenters. The molecule has 1 aromatic carbocycles. The number of thiophene rings is 1. The lowest BCUT2D eigenvalue weighted by Gasteiger charge is -2.18. The van der Waals surface area contributed by atoms with Crippen molar-refractivity contribution in [2.75, 3.05) is 24.8 Å². The SMILES string of the molecule is CCOC(=O)c1c(NC(=O)CSc2nnc(-c3ccccc3OC)o2)sc2c1CCC(C)C2. The van der Waals surface area contributed by atoms with Crippen LogP contribution in [0.5, 0.6) is 5.75 Å². The Hall–Kier alpha value is -2.85. The van der Waals surface area contributed by atoms with Gasteiger partial charge in [-0.1, -0.05) is 30.8 Å². The van der Waals surface area contributed by atoms with Crippen LogP contribution < -0.4 is 10.1 Å². The highest BCUT2D eigenvalue weighted by molar-refractivity contribution is 7.99. The van der Waals surface area contributed by atoms with E-state index in [1.807, 2.05) is 24.3 Å². The first kappa shape index (κ1) is 23.3. The van der Waals surface area contributed by atoms with Crippen LogP contribution in [0.4, 0.5) is 5.00 Å². The quantitative estimate of drug-likeness (QED) is 0.356. The molecule has 0 saturated heterocycles. The number of para-hydroxylation sites is 1. The molecule has 0 spiro atoms. The van der Waals surface area contributed by atoms with Crippen LogP contribution in [-0.4, -0.2) is 41.5 Å². The fourth-order valence-electron chi connectivity index (χ4n) is 3.75. The highest BCUT2D eigenvalue weighted by Gasteiger charge is 2.29. The van der Waals surface area contributed by atoms with E-state index in [-0.39, 0.29) is 29.5 Å². The third-order valence-corrected chi connectivity index (χ3v) is 7.30. The first-order valence-corrected chi connectivity index (χ1v) is 12.5. The smallest absolute Gasteiger partial charge is 0.341 e. The molecule has 8 nitrogen and oxygen atoms in total. The average molecular weight is 488 g/mol. The second-order valence-electron chi connectivity index (χ2n) is 7.69. The first-order valence-electron chi connectivity index (χ1n) is 10.7. The van der Waals surface area contributed by atoms with Crippen molar-refractivity contribution in [1.29, 1.82) is 0 Å². The molecule has 0 bridgehead atoms. The third kappa shape index (κ3) is 5.22. The monoisotopic (exact) mass is 487 g/mol. The lowest BCUT2D eigenvalue weighted by Crippen LogP contribution is -2.17. The van der Waals surface area contributed by atoms with Gasteiger partial charge in [0.05, 0.1) is 30.6 Å². The van der Waals surface area contributed by atoms with E-state index in [0.717, 1.165) is 41.5 Å². The van der Waals surface area contributed by atoms with Gasteiger partial charge in [0.1, 0.15) is 10.8 Å². The van der Waals surface area contributed by atoms with E-state index in [1.54, 1.807) is 14.0 Å². The van der Waals surface area contributed by atoms with Gasteiger partial charge >= 0.3 is 5.97 Å². The molecular formula is C23H25N3O5S2. The summed E-state index contributed by atoms with van der Waals surface area (Å²) in [7, 11) is 1.57. The van der Waals surface area contributed by atoms with Gasteiger partial charge in [-0.3, -0.25) is 4.79 Å².